The number of anilines is 1. The second-order valence-corrected chi connectivity index (χ2v) is 4.59. The maximum Gasteiger partial charge on any atom is 0.129 e. The van der Waals surface area contributed by atoms with Crippen LogP contribution in [0.2, 0.25) is 0 Å². The lowest BCUT2D eigenvalue weighted by atomic mass is 10.1. The van der Waals surface area contributed by atoms with Gasteiger partial charge in [0.1, 0.15) is 5.82 Å². The van der Waals surface area contributed by atoms with Crippen molar-refractivity contribution in [2.45, 2.75) is 33.2 Å². The third-order valence-corrected chi connectivity index (χ3v) is 3.35. The molecule has 0 saturated carbocycles. The number of halogens is 1. The minimum atomic E-state index is -0.391. The Morgan fingerprint density at radius 1 is 1.35 bits per heavy atom. The molecule has 104 valence electrons. The van der Waals surface area contributed by atoms with Crippen LogP contribution in [0, 0.1) is 17.1 Å². The summed E-state index contributed by atoms with van der Waals surface area (Å²) in [7, 11) is 0. The van der Waals surface area contributed by atoms with E-state index in [1.165, 1.54) is 6.07 Å². The molecule has 2 rings (SSSR count). The van der Waals surface area contributed by atoms with Crippen LogP contribution in [-0.4, -0.2) is 9.78 Å². The molecule has 1 aromatic carbocycles. The van der Waals surface area contributed by atoms with Gasteiger partial charge in [-0.15, -0.1) is 0 Å². The predicted molar refractivity (Wildman–Crippen MR) is 75.6 cm³/mol. The van der Waals surface area contributed by atoms with Gasteiger partial charge in [-0.2, -0.15) is 10.4 Å². The van der Waals surface area contributed by atoms with Gasteiger partial charge in [-0.3, -0.25) is 4.68 Å². The first kappa shape index (κ1) is 14.1. The summed E-state index contributed by atoms with van der Waals surface area (Å²) in [5.41, 5.74) is 9.33. The van der Waals surface area contributed by atoms with Crippen LogP contribution in [-0.2, 0) is 19.4 Å². The molecule has 4 nitrogen and oxygen atoms in total. The number of benzene rings is 1. The summed E-state index contributed by atoms with van der Waals surface area (Å²) >= 11 is 0. The monoisotopic (exact) mass is 272 g/mol. The molecule has 0 aliphatic carbocycles. The third kappa shape index (κ3) is 2.50. The number of nitriles is 1. The van der Waals surface area contributed by atoms with Crippen LogP contribution < -0.4 is 5.73 Å². The van der Waals surface area contributed by atoms with Crippen LogP contribution in [0.4, 0.5) is 10.1 Å². The summed E-state index contributed by atoms with van der Waals surface area (Å²) in [6.07, 6.45) is 1.50. The van der Waals surface area contributed by atoms with Crippen LogP contribution in [0.1, 0.15) is 36.4 Å². The number of hydrogen-bond acceptors (Lipinski definition) is 3. The summed E-state index contributed by atoms with van der Waals surface area (Å²) in [5.74, 6) is -0.391. The summed E-state index contributed by atoms with van der Waals surface area (Å²) < 4.78 is 15.7. The molecule has 0 aliphatic rings. The van der Waals surface area contributed by atoms with E-state index in [9.17, 15) is 4.39 Å². The lowest BCUT2D eigenvalue weighted by Crippen LogP contribution is -2.08. The van der Waals surface area contributed by atoms with Gasteiger partial charge in [-0.05, 0) is 25.0 Å². The maximum atomic E-state index is 13.9. The van der Waals surface area contributed by atoms with Gasteiger partial charge in [0.2, 0.25) is 0 Å². The van der Waals surface area contributed by atoms with Crippen molar-refractivity contribution < 1.29 is 4.39 Å². The van der Waals surface area contributed by atoms with Gasteiger partial charge in [0.15, 0.2) is 0 Å². The van der Waals surface area contributed by atoms with Gasteiger partial charge in [-0.1, -0.05) is 19.9 Å². The molecule has 0 aliphatic heterocycles. The van der Waals surface area contributed by atoms with E-state index in [1.54, 1.807) is 16.8 Å². The number of hydrogen-bond donors (Lipinski definition) is 1. The molecule has 0 saturated heterocycles. The Bertz CT molecular complexity index is 667. The molecular formula is C15H17FN4. The van der Waals surface area contributed by atoms with Crippen LogP contribution in [0.5, 0.6) is 0 Å². The molecule has 0 unspecified atom stereocenters. The molecule has 0 spiro atoms. The molecule has 0 fully saturated rings. The van der Waals surface area contributed by atoms with Crippen molar-refractivity contribution in [3.8, 4) is 6.07 Å². The van der Waals surface area contributed by atoms with Crippen molar-refractivity contribution in [1.29, 1.82) is 5.26 Å². The van der Waals surface area contributed by atoms with E-state index in [1.807, 2.05) is 19.9 Å². The van der Waals surface area contributed by atoms with Crippen molar-refractivity contribution in [3.05, 3.63) is 46.5 Å². The zero-order valence-corrected chi connectivity index (χ0v) is 11.7. The molecule has 0 bridgehead atoms. The SMILES string of the molecule is CCc1nn(Cc2ccc(C#N)cc2F)c(CC)c1N. The quantitative estimate of drug-likeness (QED) is 0.930. The van der Waals surface area contributed by atoms with Gasteiger partial charge in [0.25, 0.3) is 0 Å². The topological polar surface area (TPSA) is 67.6 Å². The largest absolute Gasteiger partial charge is 0.396 e. The van der Waals surface area contributed by atoms with E-state index in [0.717, 1.165) is 24.2 Å². The van der Waals surface area contributed by atoms with Crippen LogP contribution in [0.3, 0.4) is 0 Å². The number of aryl methyl sites for hydroxylation is 1. The number of nitrogen functional groups attached to an aromatic ring is 1. The highest BCUT2D eigenvalue weighted by molar-refractivity contribution is 5.48. The highest BCUT2D eigenvalue weighted by Crippen LogP contribution is 2.20. The van der Waals surface area contributed by atoms with Crippen molar-refractivity contribution in [2.75, 3.05) is 5.73 Å². The summed E-state index contributed by atoms with van der Waals surface area (Å²) in [6, 6.07) is 6.40. The molecule has 5 heteroatoms. The zero-order chi connectivity index (χ0) is 14.7. The van der Waals surface area contributed by atoms with E-state index in [2.05, 4.69) is 5.10 Å². The molecule has 2 aromatic rings. The van der Waals surface area contributed by atoms with Crippen LogP contribution in [0.25, 0.3) is 0 Å². The molecule has 0 atom stereocenters. The number of nitrogens with zero attached hydrogens (tertiary/aromatic N) is 3. The minimum Gasteiger partial charge on any atom is -0.396 e. The predicted octanol–water partition coefficient (Wildman–Crippen LogP) is 2.65. The van der Waals surface area contributed by atoms with Crippen LogP contribution in [0.15, 0.2) is 18.2 Å². The van der Waals surface area contributed by atoms with Gasteiger partial charge < -0.3 is 5.73 Å². The molecule has 0 radical (unpaired) electrons. The molecule has 2 N–H and O–H groups in total. The fourth-order valence-electron chi connectivity index (χ4n) is 2.24. The smallest absolute Gasteiger partial charge is 0.129 e. The first-order chi connectivity index (χ1) is 9.60. The fourth-order valence-corrected chi connectivity index (χ4v) is 2.24. The Kier molecular flexibility index (Phi) is 4.04. The van der Waals surface area contributed by atoms with E-state index >= 15 is 0 Å². The maximum absolute atomic E-state index is 13.9. The first-order valence-electron chi connectivity index (χ1n) is 6.63. The highest BCUT2D eigenvalue weighted by Gasteiger charge is 2.14. The molecule has 1 aromatic heterocycles. The lowest BCUT2D eigenvalue weighted by Gasteiger charge is -2.07. The molecular weight excluding hydrogens is 255 g/mol. The van der Waals surface area contributed by atoms with Crippen molar-refractivity contribution in [1.82, 2.24) is 9.78 Å². The Morgan fingerprint density at radius 2 is 2.10 bits per heavy atom. The number of nitrogens with two attached hydrogens (primary N) is 1. The first-order valence-corrected chi connectivity index (χ1v) is 6.63. The van der Waals surface area contributed by atoms with Gasteiger partial charge in [0.05, 0.1) is 35.3 Å². The average Bonchev–Trinajstić information content (AvgIpc) is 2.76. The second kappa shape index (κ2) is 5.74. The molecule has 1 heterocycles. The van der Waals surface area contributed by atoms with Crippen molar-refractivity contribution >= 4 is 5.69 Å². The Labute approximate surface area is 117 Å². The standard InChI is InChI=1S/C15H17FN4/c1-3-13-15(18)14(4-2)20(19-13)9-11-6-5-10(8-17)7-12(11)16/h5-7H,3-4,9,18H2,1-2H3. The van der Waals surface area contributed by atoms with Gasteiger partial charge in [-0.25, -0.2) is 4.39 Å². The van der Waals surface area contributed by atoms with E-state index in [-0.39, 0.29) is 0 Å². The van der Waals surface area contributed by atoms with Gasteiger partial charge in [0, 0.05) is 5.56 Å². The molecule has 20 heavy (non-hydrogen) atoms. The Balaban J connectivity index is 2.37. The highest BCUT2D eigenvalue weighted by atomic mass is 19.1. The Morgan fingerprint density at radius 3 is 2.65 bits per heavy atom. The summed E-state index contributed by atoms with van der Waals surface area (Å²) in [6.45, 7) is 4.31. The van der Waals surface area contributed by atoms with E-state index < -0.39 is 5.82 Å². The van der Waals surface area contributed by atoms with E-state index in [0.29, 0.717) is 23.4 Å². The average molecular weight is 272 g/mol. The number of rotatable bonds is 4. The second-order valence-electron chi connectivity index (χ2n) is 4.59. The van der Waals surface area contributed by atoms with Crippen LogP contribution >= 0.6 is 0 Å². The lowest BCUT2D eigenvalue weighted by molar-refractivity contribution is 0.573. The van der Waals surface area contributed by atoms with Gasteiger partial charge >= 0.3 is 0 Å². The Hall–Kier alpha value is -2.35. The molecule has 0 amide bonds. The van der Waals surface area contributed by atoms with E-state index in [4.69, 9.17) is 11.0 Å². The zero-order valence-electron chi connectivity index (χ0n) is 11.7. The minimum absolute atomic E-state index is 0.316. The summed E-state index contributed by atoms with van der Waals surface area (Å²) in [4.78, 5) is 0. The summed E-state index contributed by atoms with van der Waals surface area (Å²) in [5, 5.41) is 13.2. The van der Waals surface area contributed by atoms with Crippen molar-refractivity contribution in [3.63, 3.8) is 0 Å². The van der Waals surface area contributed by atoms with Crippen molar-refractivity contribution in [2.24, 2.45) is 0 Å². The number of aromatic nitrogens is 2. The third-order valence-electron chi connectivity index (χ3n) is 3.35. The fraction of sp³-hybridized carbons (Fsp3) is 0.333. The normalized spacial score (nSPS) is 10.5.